The summed E-state index contributed by atoms with van der Waals surface area (Å²) in [6, 6.07) is 9.95. The maximum absolute atomic E-state index is 13.6. The third kappa shape index (κ3) is 3.86. The molecule has 2 heterocycles. The Kier molecular flexibility index (Phi) is 5.98. The molecule has 0 saturated carbocycles. The summed E-state index contributed by atoms with van der Waals surface area (Å²) in [6.07, 6.45) is 3.96. The summed E-state index contributed by atoms with van der Waals surface area (Å²) in [5, 5.41) is 2.80. The number of amides is 2. The number of hydrogen-bond donors (Lipinski definition) is 1. The lowest BCUT2D eigenvalue weighted by molar-refractivity contribution is -0.122. The van der Waals surface area contributed by atoms with Crippen LogP contribution in [0.2, 0.25) is 0 Å². The van der Waals surface area contributed by atoms with Gasteiger partial charge in [0.1, 0.15) is 5.57 Å². The quantitative estimate of drug-likeness (QED) is 0.365. The summed E-state index contributed by atoms with van der Waals surface area (Å²) in [7, 11) is 0. The van der Waals surface area contributed by atoms with Gasteiger partial charge in [0.25, 0.3) is 11.8 Å². The van der Waals surface area contributed by atoms with Gasteiger partial charge in [0.15, 0.2) is 5.11 Å². The van der Waals surface area contributed by atoms with Crippen LogP contribution >= 0.6 is 12.2 Å². The average molecular weight is 474 g/mol. The highest BCUT2D eigenvalue weighted by molar-refractivity contribution is 7.80. The second-order valence-corrected chi connectivity index (χ2v) is 10.0. The Labute approximate surface area is 207 Å². The number of aryl methyl sites for hydroxylation is 2. The summed E-state index contributed by atoms with van der Waals surface area (Å²) in [4.78, 5) is 30.2. The van der Waals surface area contributed by atoms with Crippen molar-refractivity contribution in [2.75, 3.05) is 16.3 Å². The standard InChI is InChI=1S/C28H31N3O2S/c1-8-30-24-12-17(3)20(13-21(24)18(4)15-28(30,6)7)14-22-25(32)29-27(34)31(26(22)33)23-11-9-10-16(2)19(23)5/h9-15H,8H2,1-7H3,(H,29,32,34)/b22-14+. The van der Waals surface area contributed by atoms with Crippen molar-refractivity contribution in [2.24, 2.45) is 0 Å². The number of thiocarbonyl (C=S) groups is 1. The smallest absolute Gasteiger partial charge is 0.270 e. The number of fused-ring (bicyclic) bond motifs is 1. The van der Waals surface area contributed by atoms with Gasteiger partial charge in [-0.05, 0) is 113 Å². The molecule has 4 rings (SSSR count). The van der Waals surface area contributed by atoms with E-state index in [0.717, 1.165) is 34.4 Å². The van der Waals surface area contributed by atoms with E-state index in [4.69, 9.17) is 12.2 Å². The van der Waals surface area contributed by atoms with Gasteiger partial charge in [-0.2, -0.15) is 0 Å². The molecule has 0 aliphatic carbocycles. The van der Waals surface area contributed by atoms with E-state index < -0.39 is 11.8 Å². The average Bonchev–Trinajstić information content (AvgIpc) is 2.74. The molecule has 176 valence electrons. The number of anilines is 2. The highest BCUT2D eigenvalue weighted by Gasteiger charge is 2.36. The Balaban J connectivity index is 1.82. The number of allylic oxidation sites excluding steroid dienone is 1. The molecule has 6 heteroatoms. The van der Waals surface area contributed by atoms with Gasteiger partial charge in [-0.1, -0.05) is 18.2 Å². The first kappa shape index (κ1) is 23.9. The van der Waals surface area contributed by atoms with Crippen molar-refractivity contribution in [2.45, 2.75) is 54.0 Å². The fraction of sp³-hybridized carbons (Fsp3) is 0.321. The van der Waals surface area contributed by atoms with Crippen LogP contribution in [0.4, 0.5) is 11.4 Å². The van der Waals surface area contributed by atoms with Gasteiger partial charge in [0.05, 0.1) is 11.2 Å². The van der Waals surface area contributed by atoms with Crippen LogP contribution in [0.25, 0.3) is 11.6 Å². The molecular weight excluding hydrogens is 442 g/mol. The highest BCUT2D eigenvalue weighted by atomic mass is 32.1. The SMILES string of the molecule is CCN1c2cc(C)c(/C=C3\C(=O)NC(=S)N(c4cccc(C)c4C)C3=O)cc2C(C)=CC1(C)C. The minimum Gasteiger partial charge on any atom is -0.363 e. The third-order valence-electron chi connectivity index (χ3n) is 6.90. The predicted octanol–water partition coefficient (Wildman–Crippen LogP) is 5.46. The van der Waals surface area contributed by atoms with E-state index in [2.05, 4.69) is 56.1 Å². The number of rotatable bonds is 3. The fourth-order valence-corrected chi connectivity index (χ4v) is 5.26. The van der Waals surface area contributed by atoms with E-state index in [0.29, 0.717) is 5.69 Å². The highest BCUT2D eigenvalue weighted by Crippen LogP contribution is 2.40. The second-order valence-electron chi connectivity index (χ2n) is 9.63. The third-order valence-corrected chi connectivity index (χ3v) is 7.18. The summed E-state index contributed by atoms with van der Waals surface area (Å²) >= 11 is 5.39. The molecule has 2 aromatic carbocycles. The van der Waals surface area contributed by atoms with Crippen molar-refractivity contribution in [1.29, 1.82) is 0 Å². The lowest BCUT2D eigenvalue weighted by Crippen LogP contribution is -2.54. The van der Waals surface area contributed by atoms with Gasteiger partial charge >= 0.3 is 0 Å². The molecule has 0 atom stereocenters. The zero-order valence-corrected chi connectivity index (χ0v) is 21.7. The van der Waals surface area contributed by atoms with Gasteiger partial charge in [-0.3, -0.25) is 19.8 Å². The molecule has 0 spiro atoms. The Morgan fingerprint density at radius 1 is 1.03 bits per heavy atom. The van der Waals surface area contributed by atoms with Crippen LogP contribution in [0.5, 0.6) is 0 Å². The Bertz CT molecular complexity index is 1300. The van der Waals surface area contributed by atoms with Crippen molar-refractivity contribution in [3.8, 4) is 0 Å². The Hall–Kier alpha value is -3.25. The van der Waals surface area contributed by atoms with E-state index in [-0.39, 0.29) is 16.2 Å². The number of nitrogens with one attached hydrogen (secondary N) is 1. The van der Waals surface area contributed by atoms with Gasteiger partial charge in [0, 0.05) is 17.8 Å². The van der Waals surface area contributed by atoms with Crippen molar-refractivity contribution >= 4 is 52.2 Å². The van der Waals surface area contributed by atoms with E-state index in [1.54, 1.807) is 6.08 Å². The molecule has 1 saturated heterocycles. The van der Waals surface area contributed by atoms with Crippen molar-refractivity contribution in [3.63, 3.8) is 0 Å². The number of carbonyl (C=O) groups excluding carboxylic acids is 2. The number of hydrogen-bond acceptors (Lipinski definition) is 4. The summed E-state index contributed by atoms with van der Waals surface area (Å²) in [6.45, 7) is 15.5. The van der Waals surface area contributed by atoms with Crippen LogP contribution in [0, 0.1) is 20.8 Å². The van der Waals surface area contributed by atoms with Crippen LogP contribution in [-0.4, -0.2) is 29.0 Å². The summed E-state index contributed by atoms with van der Waals surface area (Å²) < 4.78 is 0. The van der Waals surface area contributed by atoms with Gasteiger partial charge in [-0.25, -0.2) is 0 Å². The van der Waals surface area contributed by atoms with E-state index >= 15 is 0 Å². The molecule has 2 aliphatic rings. The normalized spacial score (nSPS) is 18.7. The first-order chi connectivity index (χ1) is 16.0. The molecule has 2 aliphatic heterocycles. The molecule has 1 N–H and O–H groups in total. The first-order valence-electron chi connectivity index (χ1n) is 11.6. The van der Waals surface area contributed by atoms with E-state index in [1.807, 2.05) is 39.0 Å². The monoisotopic (exact) mass is 473 g/mol. The fourth-order valence-electron chi connectivity index (χ4n) is 4.99. The Morgan fingerprint density at radius 3 is 2.41 bits per heavy atom. The molecule has 0 unspecified atom stereocenters. The zero-order chi connectivity index (χ0) is 24.9. The number of benzene rings is 2. The number of likely N-dealkylation sites (N-methyl/N-ethyl adjacent to an activating group) is 1. The van der Waals surface area contributed by atoms with Crippen LogP contribution in [0.3, 0.4) is 0 Å². The second kappa shape index (κ2) is 8.51. The van der Waals surface area contributed by atoms with Crippen LogP contribution in [0.1, 0.15) is 55.5 Å². The molecule has 0 aromatic heterocycles. The molecule has 5 nitrogen and oxygen atoms in total. The minimum absolute atomic E-state index is 0.0719. The topological polar surface area (TPSA) is 52.7 Å². The maximum Gasteiger partial charge on any atom is 0.270 e. The Morgan fingerprint density at radius 2 is 1.74 bits per heavy atom. The van der Waals surface area contributed by atoms with Crippen molar-refractivity contribution in [1.82, 2.24) is 5.32 Å². The van der Waals surface area contributed by atoms with Crippen molar-refractivity contribution in [3.05, 3.63) is 69.8 Å². The van der Waals surface area contributed by atoms with Crippen molar-refractivity contribution < 1.29 is 9.59 Å². The molecular formula is C28H31N3O2S. The van der Waals surface area contributed by atoms with Gasteiger partial charge < -0.3 is 4.90 Å². The van der Waals surface area contributed by atoms with E-state index in [9.17, 15) is 9.59 Å². The van der Waals surface area contributed by atoms with Crippen LogP contribution < -0.4 is 15.1 Å². The molecule has 1 fully saturated rings. The molecule has 34 heavy (non-hydrogen) atoms. The van der Waals surface area contributed by atoms with Crippen LogP contribution in [0.15, 0.2) is 42.0 Å². The molecule has 0 bridgehead atoms. The summed E-state index contributed by atoms with van der Waals surface area (Å²) in [5.74, 6) is -0.889. The van der Waals surface area contributed by atoms with Gasteiger partial charge in [0.2, 0.25) is 0 Å². The minimum atomic E-state index is -0.475. The predicted molar refractivity (Wildman–Crippen MR) is 144 cm³/mol. The lowest BCUT2D eigenvalue weighted by atomic mass is 9.86. The maximum atomic E-state index is 13.6. The summed E-state index contributed by atoms with van der Waals surface area (Å²) in [5.41, 5.74) is 7.98. The molecule has 0 radical (unpaired) electrons. The molecule has 2 aromatic rings. The number of carbonyl (C=O) groups is 2. The number of nitrogens with zero attached hydrogens (tertiary/aromatic N) is 2. The molecule has 2 amide bonds. The van der Waals surface area contributed by atoms with E-state index in [1.165, 1.54) is 16.2 Å². The first-order valence-corrected chi connectivity index (χ1v) is 12.0. The lowest BCUT2D eigenvalue weighted by Gasteiger charge is -2.43. The zero-order valence-electron chi connectivity index (χ0n) is 20.9. The van der Waals surface area contributed by atoms with Gasteiger partial charge in [-0.15, -0.1) is 0 Å². The largest absolute Gasteiger partial charge is 0.363 e. The van der Waals surface area contributed by atoms with Crippen LogP contribution in [-0.2, 0) is 9.59 Å².